The number of nitrogen functional groups attached to an aromatic ring is 1. The Kier molecular flexibility index (Phi) is 2.91. The van der Waals surface area contributed by atoms with E-state index in [9.17, 15) is 4.39 Å². The molecular weight excluding hydrogens is 309 g/mol. The molecule has 0 aliphatic heterocycles. The number of hydrogen-bond donors (Lipinski definition) is 1. The van der Waals surface area contributed by atoms with E-state index in [1.54, 1.807) is 12.1 Å². The molecule has 0 aliphatic carbocycles. The summed E-state index contributed by atoms with van der Waals surface area (Å²) < 4.78 is 13.8. The molecule has 0 saturated carbocycles. The fraction of sp³-hybridized carbons (Fsp3) is 0. The first kappa shape index (κ1) is 12.0. The average molecular weight is 318 g/mol. The van der Waals surface area contributed by atoms with Gasteiger partial charge in [0.2, 0.25) is 0 Å². The summed E-state index contributed by atoms with van der Waals surface area (Å²) in [6.45, 7) is 0. The van der Waals surface area contributed by atoms with Gasteiger partial charge >= 0.3 is 0 Å². The van der Waals surface area contributed by atoms with E-state index >= 15 is 0 Å². The monoisotopic (exact) mass is 317 g/mol. The summed E-state index contributed by atoms with van der Waals surface area (Å²) in [5.74, 6) is 0.611. The van der Waals surface area contributed by atoms with Crippen LogP contribution in [0.1, 0.15) is 0 Å². The van der Waals surface area contributed by atoms with Crippen molar-refractivity contribution in [2.24, 2.45) is 0 Å². The van der Waals surface area contributed by atoms with E-state index in [2.05, 4.69) is 25.9 Å². The molecule has 0 saturated heterocycles. The summed E-state index contributed by atoms with van der Waals surface area (Å²) in [4.78, 5) is 8.71. The van der Waals surface area contributed by atoms with Crippen LogP contribution < -0.4 is 5.73 Å². The minimum absolute atomic E-state index is 0.290. The molecule has 0 spiro atoms. The highest BCUT2D eigenvalue weighted by molar-refractivity contribution is 9.10. The molecule has 0 bridgehead atoms. The highest BCUT2D eigenvalue weighted by Crippen LogP contribution is 2.25. The second kappa shape index (κ2) is 4.59. The first-order valence-electron chi connectivity index (χ1n) is 5.62. The van der Waals surface area contributed by atoms with Crippen molar-refractivity contribution in [3.8, 4) is 11.4 Å². The lowest BCUT2D eigenvalue weighted by molar-refractivity contribution is 0.628. The van der Waals surface area contributed by atoms with Crippen molar-refractivity contribution in [3.05, 3.63) is 52.8 Å². The van der Waals surface area contributed by atoms with Gasteiger partial charge in [0, 0.05) is 15.4 Å². The van der Waals surface area contributed by atoms with Crippen LogP contribution >= 0.6 is 15.9 Å². The zero-order valence-electron chi connectivity index (χ0n) is 9.77. The number of halogens is 2. The Labute approximate surface area is 117 Å². The van der Waals surface area contributed by atoms with Crippen molar-refractivity contribution in [1.29, 1.82) is 0 Å². The van der Waals surface area contributed by atoms with Crippen LogP contribution in [0, 0.1) is 5.82 Å². The molecule has 3 aromatic rings. The van der Waals surface area contributed by atoms with Gasteiger partial charge in [-0.3, -0.25) is 0 Å². The first-order chi connectivity index (χ1) is 9.13. The van der Waals surface area contributed by atoms with Crippen LogP contribution in [0.3, 0.4) is 0 Å². The lowest BCUT2D eigenvalue weighted by atomic mass is 10.2. The molecule has 2 aromatic carbocycles. The van der Waals surface area contributed by atoms with Crippen molar-refractivity contribution >= 4 is 32.7 Å². The maximum absolute atomic E-state index is 12.9. The smallest absolute Gasteiger partial charge is 0.162 e. The number of benzene rings is 2. The van der Waals surface area contributed by atoms with E-state index in [-0.39, 0.29) is 5.82 Å². The Morgan fingerprint density at radius 3 is 2.47 bits per heavy atom. The van der Waals surface area contributed by atoms with Gasteiger partial charge in [-0.1, -0.05) is 15.9 Å². The van der Waals surface area contributed by atoms with Gasteiger partial charge in [0.1, 0.15) is 11.6 Å². The maximum Gasteiger partial charge on any atom is 0.162 e. The number of nitrogens with zero attached hydrogens (tertiary/aromatic N) is 2. The van der Waals surface area contributed by atoms with Gasteiger partial charge in [0.05, 0.1) is 5.52 Å². The maximum atomic E-state index is 12.9. The van der Waals surface area contributed by atoms with Gasteiger partial charge in [0.15, 0.2) is 5.82 Å². The minimum Gasteiger partial charge on any atom is -0.383 e. The van der Waals surface area contributed by atoms with E-state index in [4.69, 9.17) is 5.73 Å². The van der Waals surface area contributed by atoms with Gasteiger partial charge < -0.3 is 5.73 Å². The predicted molar refractivity (Wildman–Crippen MR) is 77.0 cm³/mol. The lowest BCUT2D eigenvalue weighted by Gasteiger charge is -2.06. The SMILES string of the molecule is Nc1nc(-c2ccc(F)cc2)nc2ccc(Br)cc12. The number of hydrogen-bond acceptors (Lipinski definition) is 3. The third kappa shape index (κ3) is 2.29. The summed E-state index contributed by atoms with van der Waals surface area (Å²) >= 11 is 3.39. The highest BCUT2D eigenvalue weighted by Gasteiger charge is 2.07. The van der Waals surface area contributed by atoms with E-state index < -0.39 is 0 Å². The Morgan fingerprint density at radius 1 is 1.00 bits per heavy atom. The van der Waals surface area contributed by atoms with Crippen LogP contribution in [0.4, 0.5) is 10.2 Å². The Morgan fingerprint density at radius 2 is 1.74 bits per heavy atom. The van der Waals surface area contributed by atoms with E-state index in [0.717, 1.165) is 20.9 Å². The molecule has 1 heterocycles. The molecule has 2 N–H and O–H groups in total. The van der Waals surface area contributed by atoms with Crippen LogP contribution in [0.25, 0.3) is 22.3 Å². The van der Waals surface area contributed by atoms with Gasteiger partial charge in [-0.15, -0.1) is 0 Å². The Hall–Kier alpha value is -2.01. The molecule has 0 fully saturated rings. The zero-order valence-corrected chi connectivity index (χ0v) is 11.4. The molecule has 0 radical (unpaired) electrons. The van der Waals surface area contributed by atoms with E-state index in [1.807, 2.05) is 18.2 Å². The van der Waals surface area contributed by atoms with Gasteiger partial charge in [-0.05, 0) is 42.5 Å². The van der Waals surface area contributed by atoms with Crippen molar-refractivity contribution < 1.29 is 4.39 Å². The summed E-state index contributed by atoms with van der Waals surface area (Å²) in [6.07, 6.45) is 0. The molecule has 1 aromatic heterocycles. The second-order valence-electron chi connectivity index (χ2n) is 4.10. The van der Waals surface area contributed by atoms with Crippen molar-refractivity contribution in [2.45, 2.75) is 0 Å². The van der Waals surface area contributed by atoms with Gasteiger partial charge in [0.25, 0.3) is 0 Å². The molecule has 0 atom stereocenters. The Balaban J connectivity index is 2.20. The number of rotatable bonds is 1. The molecule has 0 amide bonds. The standard InChI is InChI=1S/C14H9BrFN3/c15-9-3-6-12-11(7-9)13(17)19-14(18-12)8-1-4-10(16)5-2-8/h1-7H,(H2,17,18,19). The van der Waals surface area contributed by atoms with Crippen LogP contribution in [-0.2, 0) is 0 Å². The summed E-state index contributed by atoms with van der Waals surface area (Å²) in [6, 6.07) is 11.7. The zero-order chi connectivity index (χ0) is 13.4. The largest absolute Gasteiger partial charge is 0.383 e. The normalized spacial score (nSPS) is 10.8. The molecule has 3 nitrogen and oxygen atoms in total. The number of anilines is 1. The third-order valence-electron chi connectivity index (χ3n) is 2.79. The van der Waals surface area contributed by atoms with Crippen molar-refractivity contribution in [2.75, 3.05) is 5.73 Å². The fourth-order valence-corrected chi connectivity index (χ4v) is 2.21. The van der Waals surface area contributed by atoms with E-state index in [0.29, 0.717) is 11.6 Å². The van der Waals surface area contributed by atoms with Crippen molar-refractivity contribution in [3.63, 3.8) is 0 Å². The summed E-state index contributed by atoms with van der Waals surface area (Å²) in [7, 11) is 0. The number of nitrogens with two attached hydrogens (primary N) is 1. The Bertz CT molecular complexity index is 756. The summed E-state index contributed by atoms with van der Waals surface area (Å²) in [5.41, 5.74) is 7.44. The number of fused-ring (bicyclic) bond motifs is 1. The van der Waals surface area contributed by atoms with Crippen LogP contribution in [0.2, 0.25) is 0 Å². The molecule has 3 rings (SSSR count). The quantitative estimate of drug-likeness (QED) is 0.743. The third-order valence-corrected chi connectivity index (χ3v) is 3.28. The lowest BCUT2D eigenvalue weighted by Crippen LogP contribution is -1.97. The molecule has 0 aliphatic rings. The van der Waals surface area contributed by atoms with Gasteiger partial charge in [-0.25, -0.2) is 14.4 Å². The fourth-order valence-electron chi connectivity index (χ4n) is 1.85. The average Bonchev–Trinajstić information content (AvgIpc) is 2.40. The van der Waals surface area contributed by atoms with E-state index in [1.165, 1.54) is 12.1 Å². The molecule has 0 unspecified atom stereocenters. The second-order valence-corrected chi connectivity index (χ2v) is 5.02. The van der Waals surface area contributed by atoms with Crippen LogP contribution in [-0.4, -0.2) is 9.97 Å². The highest BCUT2D eigenvalue weighted by atomic mass is 79.9. The predicted octanol–water partition coefficient (Wildman–Crippen LogP) is 3.78. The van der Waals surface area contributed by atoms with Crippen molar-refractivity contribution in [1.82, 2.24) is 9.97 Å². The topological polar surface area (TPSA) is 51.8 Å². The minimum atomic E-state index is -0.290. The molecule has 5 heteroatoms. The van der Waals surface area contributed by atoms with Crippen LogP contribution in [0.5, 0.6) is 0 Å². The van der Waals surface area contributed by atoms with Crippen LogP contribution in [0.15, 0.2) is 46.9 Å². The van der Waals surface area contributed by atoms with Gasteiger partial charge in [-0.2, -0.15) is 0 Å². The molecule has 19 heavy (non-hydrogen) atoms. The molecule has 94 valence electrons. The molecular formula is C14H9BrFN3. The summed E-state index contributed by atoms with van der Waals surface area (Å²) in [5, 5.41) is 0.792. The number of aromatic nitrogens is 2. The first-order valence-corrected chi connectivity index (χ1v) is 6.41.